The maximum Gasteiger partial charge on any atom is 0.342 e. The normalized spacial score (nSPS) is 10.4. The molecule has 0 spiro atoms. The number of nitrogens with zero attached hydrogens (tertiary/aromatic N) is 4. The predicted molar refractivity (Wildman–Crippen MR) is 62.0 cm³/mol. The second kappa shape index (κ2) is 5.39. The van der Waals surface area contributed by atoms with Gasteiger partial charge in [-0.25, -0.2) is 10.2 Å². The second-order valence-corrected chi connectivity index (χ2v) is 3.12. The van der Waals surface area contributed by atoms with Crippen LogP contribution in [0.25, 0.3) is 0 Å². The third-order valence-electron chi connectivity index (χ3n) is 1.88. The van der Waals surface area contributed by atoms with E-state index >= 15 is 0 Å². The lowest BCUT2D eigenvalue weighted by atomic mass is 10.2. The molecule has 2 amide bonds. The molecule has 0 radical (unpaired) electrons. The molecule has 0 atom stereocenters. The monoisotopic (exact) mass is 247 g/mol. The molecule has 18 heavy (non-hydrogen) atoms. The van der Waals surface area contributed by atoms with Gasteiger partial charge in [-0.15, -0.1) is 5.10 Å². The van der Waals surface area contributed by atoms with E-state index in [0.717, 1.165) is 0 Å². The minimum Gasteiger partial charge on any atom is -0.507 e. The van der Waals surface area contributed by atoms with Crippen LogP contribution in [-0.4, -0.2) is 38.0 Å². The lowest BCUT2D eigenvalue weighted by Crippen LogP contribution is -2.24. The maximum atomic E-state index is 11.3. The van der Waals surface area contributed by atoms with Crippen molar-refractivity contribution < 1.29 is 9.90 Å². The molecular formula is C9H9N7O2. The molecule has 0 aliphatic heterocycles. The molecule has 0 saturated carbocycles. The summed E-state index contributed by atoms with van der Waals surface area (Å²) in [6.07, 6.45) is 1.31. The zero-order valence-electron chi connectivity index (χ0n) is 9.03. The summed E-state index contributed by atoms with van der Waals surface area (Å²) in [7, 11) is 0. The first-order valence-corrected chi connectivity index (χ1v) is 4.87. The summed E-state index contributed by atoms with van der Waals surface area (Å²) in [6, 6.07) is 5.96. The van der Waals surface area contributed by atoms with Gasteiger partial charge in [0.1, 0.15) is 5.75 Å². The van der Waals surface area contributed by atoms with Crippen molar-refractivity contribution in [2.24, 2.45) is 5.10 Å². The number of rotatable bonds is 3. The van der Waals surface area contributed by atoms with Crippen LogP contribution in [0.2, 0.25) is 0 Å². The van der Waals surface area contributed by atoms with Gasteiger partial charge in [0.2, 0.25) is 0 Å². The van der Waals surface area contributed by atoms with Crippen LogP contribution in [0.1, 0.15) is 5.56 Å². The number of hydrazone groups is 1. The van der Waals surface area contributed by atoms with Gasteiger partial charge >= 0.3 is 6.03 Å². The number of urea groups is 1. The van der Waals surface area contributed by atoms with Crippen LogP contribution in [0.3, 0.4) is 0 Å². The number of amides is 2. The summed E-state index contributed by atoms with van der Waals surface area (Å²) in [5, 5.41) is 27.9. The number of carbonyl (C=O) groups is 1. The summed E-state index contributed by atoms with van der Waals surface area (Å²) in [5.41, 5.74) is 2.67. The van der Waals surface area contributed by atoms with E-state index in [2.05, 4.69) is 36.5 Å². The molecule has 9 nitrogen and oxygen atoms in total. The summed E-state index contributed by atoms with van der Waals surface area (Å²) in [5.74, 6) is 0.104. The van der Waals surface area contributed by atoms with E-state index < -0.39 is 6.03 Å². The highest BCUT2D eigenvalue weighted by Crippen LogP contribution is 2.12. The number of anilines is 1. The van der Waals surface area contributed by atoms with Crippen molar-refractivity contribution in [3.63, 3.8) is 0 Å². The minimum atomic E-state index is -0.622. The molecule has 2 rings (SSSR count). The highest BCUT2D eigenvalue weighted by Gasteiger charge is 2.02. The number of tetrazole rings is 1. The van der Waals surface area contributed by atoms with E-state index in [9.17, 15) is 9.90 Å². The van der Waals surface area contributed by atoms with Crippen molar-refractivity contribution in [1.29, 1.82) is 0 Å². The summed E-state index contributed by atoms with van der Waals surface area (Å²) in [4.78, 5) is 11.3. The minimum absolute atomic E-state index is 0.0326. The van der Waals surface area contributed by atoms with E-state index in [4.69, 9.17) is 0 Å². The Hall–Kier alpha value is -2.97. The third kappa shape index (κ3) is 3.01. The van der Waals surface area contributed by atoms with Crippen molar-refractivity contribution in [3.8, 4) is 5.75 Å². The first kappa shape index (κ1) is 11.5. The molecule has 1 aromatic carbocycles. The largest absolute Gasteiger partial charge is 0.507 e. The molecule has 0 bridgehead atoms. The Morgan fingerprint density at radius 2 is 2.28 bits per heavy atom. The first-order valence-electron chi connectivity index (χ1n) is 4.87. The average molecular weight is 247 g/mol. The van der Waals surface area contributed by atoms with Crippen molar-refractivity contribution in [3.05, 3.63) is 29.8 Å². The molecule has 2 aromatic rings. The van der Waals surface area contributed by atoms with Crippen LogP contribution >= 0.6 is 0 Å². The number of phenols is 1. The SMILES string of the molecule is O=C(N/N=C\c1ccccc1O)Nc1nn[nH]n1. The molecule has 92 valence electrons. The molecule has 1 heterocycles. The zero-order chi connectivity index (χ0) is 12.8. The van der Waals surface area contributed by atoms with Gasteiger partial charge < -0.3 is 5.11 Å². The van der Waals surface area contributed by atoms with Gasteiger partial charge in [-0.3, -0.25) is 5.32 Å². The van der Waals surface area contributed by atoms with Crippen LogP contribution in [0.15, 0.2) is 29.4 Å². The molecule has 9 heteroatoms. The number of aromatic amines is 1. The molecule has 0 saturated heterocycles. The van der Waals surface area contributed by atoms with Crippen LogP contribution in [-0.2, 0) is 0 Å². The molecule has 1 aromatic heterocycles. The Balaban J connectivity index is 1.88. The number of carbonyl (C=O) groups excluding carboxylic acids is 1. The van der Waals surface area contributed by atoms with Gasteiger partial charge in [-0.1, -0.05) is 17.2 Å². The quantitative estimate of drug-likeness (QED) is 0.450. The number of para-hydroxylation sites is 1. The van der Waals surface area contributed by atoms with Gasteiger partial charge in [0.15, 0.2) is 0 Å². The molecule has 4 N–H and O–H groups in total. The van der Waals surface area contributed by atoms with E-state index in [1.165, 1.54) is 12.3 Å². The fourth-order valence-corrected chi connectivity index (χ4v) is 1.10. The highest BCUT2D eigenvalue weighted by atomic mass is 16.3. The molecule has 0 unspecified atom stereocenters. The fraction of sp³-hybridized carbons (Fsp3) is 0. The standard InChI is InChI=1S/C9H9N7O2/c17-7-4-2-1-3-6(7)5-10-14-9(18)11-8-12-15-16-13-8/h1-5,17H,(H3,11,12,13,14,15,16,18)/b10-5-. The highest BCUT2D eigenvalue weighted by molar-refractivity contribution is 5.89. The van der Waals surface area contributed by atoms with Gasteiger partial charge in [0.25, 0.3) is 5.95 Å². The third-order valence-corrected chi connectivity index (χ3v) is 1.88. The fourth-order valence-electron chi connectivity index (χ4n) is 1.10. The van der Waals surface area contributed by atoms with E-state index in [0.29, 0.717) is 5.56 Å². The van der Waals surface area contributed by atoms with E-state index in [-0.39, 0.29) is 11.7 Å². The van der Waals surface area contributed by atoms with Gasteiger partial charge in [-0.05, 0) is 17.3 Å². The first-order chi connectivity index (χ1) is 8.75. The predicted octanol–water partition coefficient (Wildman–Crippen LogP) is 0.0609. The Morgan fingerprint density at radius 1 is 1.44 bits per heavy atom. The van der Waals surface area contributed by atoms with Crippen LogP contribution in [0.4, 0.5) is 10.7 Å². The Labute approximate surface area is 101 Å². The summed E-state index contributed by atoms with van der Waals surface area (Å²) >= 11 is 0. The summed E-state index contributed by atoms with van der Waals surface area (Å²) < 4.78 is 0. The topological polar surface area (TPSA) is 128 Å². The van der Waals surface area contributed by atoms with Crippen molar-refractivity contribution in [2.45, 2.75) is 0 Å². The average Bonchev–Trinajstić information content (AvgIpc) is 2.84. The summed E-state index contributed by atoms with van der Waals surface area (Å²) in [6.45, 7) is 0. The second-order valence-electron chi connectivity index (χ2n) is 3.12. The van der Waals surface area contributed by atoms with Crippen LogP contribution in [0.5, 0.6) is 5.75 Å². The van der Waals surface area contributed by atoms with Crippen LogP contribution in [0, 0.1) is 0 Å². The van der Waals surface area contributed by atoms with Crippen molar-refractivity contribution >= 4 is 18.2 Å². The molecular weight excluding hydrogens is 238 g/mol. The van der Waals surface area contributed by atoms with Gasteiger partial charge in [0, 0.05) is 5.56 Å². The molecule has 0 aliphatic rings. The number of aromatic hydroxyl groups is 1. The lowest BCUT2D eigenvalue weighted by molar-refractivity contribution is 0.252. The number of hydrogen-bond acceptors (Lipinski definition) is 6. The van der Waals surface area contributed by atoms with Crippen molar-refractivity contribution in [1.82, 2.24) is 26.0 Å². The molecule has 0 aliphatic carbocycles. The number of aromatic nitrogens is 4. The number of nitrogens with one attached hydrogen (secondary N) is 3. The zero-order valence-corrected chi connectivity index (χ0v) is 9.03. The van der Waals surface area contributed by atoms with Gasteiger partial charge in [-0.2, -0.15) is 10.3 Å². The Bertz CT molecular complexity index is 552. The number of phenolic OH excluding ortho intramolecular Hbond substituents is 1. The lowest BCUT2D eigenvalue weighted by Gasteiger charge is -1.99. The number of benzene rings is 1. The maximum absolute atomic E-state index is 11.3. The number of hydrogen-bond donors (Lipinski definition) is 4. The Morgan fingerprint density at radius 3 is 3.00 bits per heavy atom. The smallest absolute Gasteiger partial charge is 0.342 e. The van der Waals surface area contributed by atoms with E-state index in [1.807, 2.05) is 0 Å². The van der Waals surface area contributed by atoms with Gasteiger partial charge in [0.05, 0.1) is 6.21 Å². The van der Waals surface area contributed by atoms with E-state index in [1.54, 1.807) is 18.2 Å². The van der Waals surface area contributed by atoms with Crippen molar-refractivity contribution in [2.75, 3.05) is 5.32 Å². The number of H-pyrrole nitrogens is 1. The Kier molecular flexibility index (Phi) is 3.45. The molecule has 0 fully saturated rings. The van der Waals surface area contributed by atoms with Crippen LogP contribution < -0.4 is 10.7 Å².